The molecule has 2 aromatic carbocycles. The normalized spacial score (nSPS) is 14.5. The van der Waals surface area contributed by atoms with E-state index >= 15 is 0 Å². The van der Waals surface area contributed by atoms with Gasteiger partial charge in [0.25, 0.3) is 5.91 Å². The number of carbonyl (C=O) groups excluding carboxylic acids is 1. The second kappa shape index (κ2) is 10.9. The topological polar surface area (TPSA) is 56.8 Å². The number of methoxy groups -OCH3 is 1. The lowest BCUT2D eigenvalue weighted by molar-refractivity contribution is -0.115. The Kier molecular flexibility index (Phi) is 8.26. The zero-order chi connectivity index (χ0) is 22.4. The summed E-state index contributed by atoms with van der Waals surface area (Å²) in [5.74, 6) is 1.37. The highest BCUT2D eigenvalue weighted by atomic mass is 35.5. The standard InChI is InChI=1S/C22H19Cl2NO4S2/c1-3-4-13-5-6-17(18(9-13)27-2)28-7-8-29-20-14(10-15(23)12-16(20)24)11-19-21(26)25-22(30)31-19/h3,5-6,9-12H,1,4,7-8H2,2H3,(H,25,26,30). The molecule has 1 fully saturated rings. The van der Waals surface area contributed by atoms with Crippen molar-refractivity contribution < 1.29 is 19.0 Å². The van der Waals surface area contributed by atoms with Crippen LogP contribution < -0.4 is 19.5 Å². The molecular weight excluding hydrogens is 477 g/mol. The van der Waals surface area contributed by atoms with E-state index in [9.17, 15) is 4.79 Å². The van der Waals surface area contributed by atoms with Gasteiger partial charge in [0, 0.05) is 10.6 Å². The third kappa shape index (κ3) is 6.17. The molecule has 0 radical (unpaired) electrons. The number of thioether (sulfide) groups is 1. The van der Waals surface area contributed by atoms with Crippen LogP contribution in [0.1, 0.15) is 11.1 Å². The summed E-state index contributed by atoms with van der Waals surface area (Å²) in [6, 6.07) is 8.96. The van der Waals surface area contributed by atoms with Crippen molar-refractivity contribution in [2.24, 2.45) is 0 Å². The molecule has 3 rings (SSSR count). The van der Waals surface area contributed by atoms with Gasteiger partial charge in [-0.25, -0.2) is 0 Å². The molecule has 0 bridgehead atoms. The smallest absolute Gasteiger partial charge is 0.263 e. The van der Waals surface area contributed by atoms with E-state index < -0.39 is 0 Å². The first kappa shape index (κ1) is 23.5. The maximum Gasteiger partial charge on any atom is 0.263 e. The van der Waals surface area contributed by atoms with Crippen LogP contribution in [0.4, 0.5) is 0 Å². The molecule has 1 aliphatic heterocycles. The van der Waals surface area contributed by atoms with Crippen molar-refractivity contribution in [2.75, 3.05) is 20.3 Å². The number of nitrogens with one attached hydrogen (secondary N) is 1. The van der Waals surface area contributed by atoms with E-state index in [1.54, 1.807) is 25.3 Å². The van der Waals surface area contributed by atoms with E-state index in [0.717, 1.165) is 12.0 Å². The van der Waals surface area contributed by atoms with E-state index in [1.165, 1.54) is 11.8 Å². The van der Waals surface area contributed by atoms with Crippen LogP contribution in [0.15, 0.2) is 47.9 Å². The molecule has 0 saturated carbocycles. The van der Waals surface area contributed by atoms with Gasteiger partial charge in [-0.05, 0) is 42.3 Å². The number of amides is 1. The first-order valence-electron chi connectivity index (χ1n) is 9.18. The van der Waals surface area contributed by atoms with Crippen molar-refractivity contribution in [3.8, 4) is 17.2 Å². The number of hydrogen-bond acceptors (Lipinski definition) is 6. The third-order valence-corrected chi connectivity index (χ3v) is 5.82. The number of carbonyl (C=O) groups is 1. The van der Waals surface area contributed by atoms with E-state index in [-0.39, 0.29) is 19.1 Å². The van der Waals surface area contributed by atoms with Crippen LogP contribution >= 0.6 is 47.2 Å². The van der Waals surface area contributed by atoms with Crippen LogP contribution in [0.3, 0.4) is 0 Å². The Morgan fingerprint density at radius 2 is 1.94 bits per heavy atom. The number of allylic oxidation sites excluding steroid dienone is 1. The molecule has 0 atom stereocenters. The van der Waals surface area contributed by atoms with Crippen LogP contribution in [0.2, 0.25) is 10.0 Å². The van der Waals surface area contributed by atoms with E-state index in [1.807, 2.05) is 24.3 Å². The van der Waals surface area contributed by atoms with E-state index in [4.69, 9.17) is 49.6 Å². The molecule has 0 unspecified atom stereocenters. The van der Waals surface area contributed by atoms with Gasteiger partial charge in [-0.3, -0.25) is 4.79 Å². The number of rotatable bonds is 9. The first-order valence-corrected chi connectivity index (χ1v) is 11.2. The van der Waals surface area contributed by atoms with Gasteiger partial charge in [-0.1, -0.05) is 59.3 Å². The number of thiocarbonyl (C=S) groups is 1. The Morgan fingerprint density at radius 3 is 2.61 bits per heavy atom. The Balaban J connectivity index is 1.70. The quantitative estimate of drug-likeness (QED) is 0.209. The average Bonchev–Trinajstić information content (AvgIpc) is 3.04. The van der Waals surface area contributed by atoms with E-state index in [0.29, 0.717) is 42.1 Å². The van der Waals surface area contributed by atoms with Gasteiger partial charge < -0.3 is 19.5 Å². The Bertz CT molecular complexity index is 1060. The van der Waals surface area contributed by atoms with Gasteiger partial charge >= 0.3 is 0 Å². The molecule has 1 N–H and O–H groups in total. The van der Waals surface area contributed by atoms with Crippen molar-refractivity contribution in [3.05, 3.63) is 69.1 Å². The third-order valence-electron chi connectivity index (χ3n) is 4.16. The van der Waals surface area contributed by atoms with Gasteiger partial charge in [-0.15, -0.1) is 6.58 Å². The summed E-state index contributed by atoms with van der Waals surface area (Å²) in [5.41, 5.74) is 1.65. The van der Waals surface area contributed by atoms with Gasteiger partial charge in [0.05, 0.1) is 17.0 Å². The number of ether oxygens (including phenoxy) is 3. The average molecular weight is 496 g/mol. The van der Waals surface area contributed by atoms with Crippen molar-refractivity contribution in [1.82, 2.24) is 5.32 Å². The molecule has 162 valence electrons. The molecule has 2 aromatic rings. The van der Waals surface area contributed by atoms with Crippen LogP contribution in [-0.4, -0.2) is 30.6 Å². The number of halogens is 2. The van der Waals surface area contributed by atoms with Gasteiger partial charge in [0.2, 0.25) is 0 Å². The summed E-state index contributed by atoms with van der Waals surface area (Å²) < 4.78 is 17.5. The molecule has 0 spiro atoms. The molecule has 5 nitrogen and oxygen atoms in total. The highest BCUT2D eigenvalue weighted by Gasteiger charge is 2.23. The Labute approximate surface area is 200 Å². The summed E-state index contributed by atoms with van der Waals surface area (Å²) in [6.07, 6.45) is 4.22. The largest absolute Gasteiger partial charge is 0.493 e. The lowest BCUT2D eigenvalue weighted by Crippen LogP contribution is -2.17. The Hall–Kier alpha value is -2.19. The maximum atomic E-state index is 12.0. The maximum absolute atomic E-state index is 12.0. The van der Waals surface area contributed by atoms with Gasteiger partial charge in [0.1, 0.15) is 23.3 Å². The highest BCUT2D eigenvalue weighted by Crippen LogP contribution is 2.36. The van der Waals surface area contributed by atoms with Crippen LogP contribution in [0.25, 0.3) is 6.08 Å². The molecule has 1 saturated heterocycles. The van der Waals surface area contributed by atoms with Crippen LogP contribution in [0.5, 0.6) is 17.2 Å². The predicted molar refractivity (Wildman–Crippen MR) is 131 cm³/mol. The summed E-state index contributed by atoms with van der Waals surface area (Å²) >= 11 is 18.7. The second-order valence-electron chi connectivity index (χ2n) is 6.33. The Morgan fingerprint density at radius 1 is 1.16 bits per heavy atom. The molecule has 1 heterocycles. The molecule has 1 amide bonds. The molecule has 31 heavy (non-hydrogen) atoms. The molecule has 0 aliphatic carbocycles. The van der Waals surface area contributed by atoms with Crippen molar-refractivity contribution in [3.63, 3.8) is 0 Å². The molecule has 0 aromatic heterocycles. The number of hydrogen-bond donors (Lipinski definition) is 1. The highest BCUT2D eigenvalue weighted by molar-refractivity contribution is 8.26. The summed E-state index contributed by atoms with van der Waals surface area (Å²) in [6.45, 7) is 4.21. The zero-order valence-electron chi connectivity index (χ0n) is 16.6. The van der Waals surface area contributed by atoms with Crippen molar-refractivity contribution in [1.29, 1.82) is 0 Å². The van der Waals surface area contributed by atoms with E-state index in [2.05, 4.69) is 11.9 Å². The van der Waals surface area contributed by atoms with Crippen LogP contribution in [-0.2, 0) is 11.2 Å². The minimum absolute atomic E-state index is 0.215. The lowest BCUT2D eigenvalue weighted by Gasteiger charge is -2.14. The molecular formula is C22H19Cl2NO4S2. The van der Waals surface area contributed by atoms with Gasteiger partial charge in [-0.2, -0.15) is 0 Å². The summed E-state index contributed by atoms with van der Waals surface area (Å²) in [7, 11) is 1.59. The molecule has 9 heteroatoms. The second-order valence-corrected chi connectivity index (χ2v) is 8.90. The molecule has 1 aliphatic rings. The van der Waals surface area contributed by atoms with Gasteiger partial charge in [0.15, 0.2) is 11.5 Å². The fraction of sp³-hybridized carbons (Fsp3) is 0.182. The van der Waals surface area contributed by atoms with Crippen molar-refractivity contribution >= 4 is 63.5 Å². The summed E-state index contributed by atoms with van der Waals surface area (Å²) in [4.78, 5) is 12.4. The SMILES string of the molecule is C=CCc1ccc(OCCOc2c(Cl)cc(Cl)cc2C=C2SC(=S)NC2=O)c(OC)c1. The minimum Gasteiger partial charge on any atom is -0.493 e. The van der Waals surface area contributed by atoms with Crippen molar-refractivity contribution in [2.45, 2.75) is 6.42 Å². The monoisotopic (exact) mass is 495 g/mol. The predicted octanol–water partition coefficient (Wildman–Crippen LogP) is 5.68. The minimum atomic E-state index is -0.271. The zero-order valence-corrected chi connectivity index (χ0v) is 19.7. The number of benzene rings is 2. The lowest BCUT2D eigenvalue weighted by atomic mass is 10.1. The van der Waals surface area contributed by atoms with Crippen LogP contribution in [0, 0.1) is 0 Å². The first-order chi connectivity index (χ1) is 14.9. The summed E-state index contributed by atoms with van der Waals surface area (Å²) in [5, 5.41) is 3.33. The fourth-order valence-corrected chi connectivity index (χ4v) is 4.42. The fourth-order valence-electron chi connectivity index (χ4n) is 2.82.